The van der Waals surface area contributed by atoms with E-state index in [0.29, 0.717) is 32.2 Å². The Morgan fingerprint density at radius 1 is 0.830 bits per heavy atom. The fourth-order valence-corrected chi connectivity index (χ4v) is 6.43. The number of nitrogens with zero attached hydrogens (tertiary/aromatic N) is 2. The van der Waals surface area contributed by atoms with E-state index < -0.39 is 12.1 Å². The minimum atomic E-state index is -0.832. The highest BCUT2D eigenvalue weighted by Crippen LogP contribution is 2.21. The van der Waals surface area contributed by atoms with Crippen molar-refractivity contribution in [2.24, 2.45) is 5.73 Å². The van der Waals surface area contributed by atoms with Crippen molar-refractivity contribution >= 4 is 39.8 Å². The van der Waals surface area contributed by atoms with Gasteiger partial charge < -0.3 is 20.9 Å². The van der Waals surface area contributed by atoms with Gasteiger partial charge in [-0.2, -0.15) is 0 Å². The van der Waals surface area contributed by atoms with Crippen molar-refractivity contribution in [3.63, 3.8) is 0 Å². The molecule has 1 heterocycles. The molecule has 7 nitrogen and oxygen atoms in total. The summed E-state index contributed by atoms with van der Waals surface area (Å²) in [6.45, 7) is 4.54. The first-order chi connectivity index (χ1) is 22.6. The predicted molar refractivity (Wildman–Crippen MR) is 193 cm³/mol. The number of fused-ring (bicyclic) bond motifs is 1. The standard InChI is InChI=1S/C39H48N4O3S/c1-5-39(40,6-2)23-12-19-36(44)42(3)35(27-30-20-21-31-16-10-11-17-32(31)26-30)38(46)43(4)34(28-33-18-13-25-47-33)37(45)41-24-22-29-14-8-7-9-15-29/h7-21,25-26,34-35H,5-6,22-24,27-28,40H2,1-4H3,(H,41,45)/b19-12+/t34-,35-/m1/s1. The van der Waals surface area contributed by atoms with E-state index in [2.05, 4.69) is 11.4 Å². The van der Waals surface area contributed by atoms with E-state index in [1.807, 2.05) is 104 Å². The molecular formula is C39H48N4O3S. The maximum absolute atomic E-state index is 14.5. The minimum absolute atomic E-state index is 0.220. The van der Waals surface area contributed by atoms with Gasteiger partial charge in [-0.15, -0.1) is 11.3 Å². The number of carbonyl (C=O) groups is 3. The van der Waals surface area contributed by atoms with Crippen molar-refractivity contribution in [2.75, 3.05) is 20.6 Å². The van der Waals surface area contributed by atoms with Crippen molar-refractivity contribution < 1.29 is 14.4 Å². The Hall–Kier alpha value is -4.27. The minimum Gasteiger partial charge on any atom is -0.354 e. The third-order valence-electron chi connectivity index (χ3n) is 9.18. The highest BCUT2D eigenvalue weighted by Gasteiger charge is 2.35. The van der Waals surface area contributed by atoms with Crippen LogP contribution in [0.4, 0.5) is 0 Å². The van der Waals surface area contributed by atoms with Crippen molar-refractivity contribution in [1.82, 2.24) is 15.1 Å². The van der Waals surface area contributed by atoms with Crippen LogP contribution in [0.1, 0.15) is 49.1 Å². The van der Waals surface area contributed by atoms with Gasteiger partial charge in [0.1, 0.15) is 12.1 Å². The second-order valence-electron chi connectivity index (χ2n) is 12.3. The topological polar surface area (TPSA) is 95.7 Å². The van der Waals surface area contributed by atoms with Gasteiger partial charge >= 0.3 is 0 Å². The molecule has 3 amide bonds. The van der Waals surface area contributed by atoms with Crippen LogP contribution in [0, 0.1) is 0 Å². The molecule has 0 saturated heterocycles. The molecule has 4 aromatic rings. The van der Waals surface area contributed by atoms with E-state index in [4.69, 9.17) is 5.73 Å². The summed E-state index contributed by atoms with van der Waals surface area (Å²) in [4.78, 5) is 45.8. The summed E-state index contributed by atoms with van der Waals surface area (Å²) in [5.41, 5.74) is 8.14. The lowest BCUT2D eigenvalue weighted by atomic mass is 9.90. The lowest BCUT2D eigenvalue weighted by molar-refractivity contribution is -0.146. The Bertz CT molecular complexity index is 1630. The molecule has 3 aromatic carbocycles. The van der Waals surface area contributed by atoms with Crippen LogP contribution in [0.5, 0.6) is 0 Å². The average molecular weight is 653 g/mol. The van der Waals surface area contributed by atoms with Gasteiger partial charge in [0.15, 0.2) is 0 Å². The van der Waals surface area contributed by atoms with E-state index in [1.165, 1.54) is 15.9 Å². The lowest BCUT2D eigenvalue weighted by Crippen LogP contribution is -2.56. The third kappa shape index (κ3) is 9.86. The quantitative estimate of drug-likeness (QED) is 0.142. The zero-order valence-electron chi connectivity index (χ0n) is 28.0. The first kappa shape index (κ1) is 35.6. The maximum Gasteiger partial charge on any atom is 0.246 e. The fraction of sp³-hybridized carbons (Fsp3) is 0.359. The lowest BCUT2D eigenvalue weighted by Gasteiger charge is -2.34. The maximum atomic E-state index is 14.5. The first-order valence-corrected chi connectivity index (χ1v) is 17.3. The molecule has 8 heteroatoms. The Balaban J connectivity index is 1.59. The summed E-state index contributed by atoms with van der Waals surface area (Å²) in [6.07, 6.45) is 6.86. The van der Waals surface area contributed by atoms with Gasteiger partial charge in [0.2, 0.25) is 17.7 Å². The average Bonchev–Trinajstić information content (AvgIpc) is 3.62. The zero-order valence-corrected chi connectivity index (χ0v) is 28.8. The van der Waals surface area contributed by atoms with Crippen LogP contribution in [-0.2, 0) is 33.6 Å². The molecule has 0 radical (unpaired) electrons. The number of thiophene rings is 1. The van der Waals surface area contributed by atoms with Crippen molar-refractivity contribution in [1.29, 1.82) is 0 Å². The fourth-order valence-electron chi connectivity index (χ4n) is 5.69. The Morgan fingerprint density at radius 2 is 1.53 bits per heavy atom. The summed E-state index contributed by atoms with van der Waals surface area (Å²) in [6, 6.07) is 26.5. The SMILES string of the molecule is CCC(N)(CC)C/C=C/C(=O)N(C)[C@H](Cc1ccc2ccccc2c1)C(=O)N(C)[C@H](Cc1cccs1)C(=O)NCCc1ccccc1. The highest BCUT2D eigenvalue weighted by molar-refractivity contribution is 7.09. The molecule has 47 heavy (non-hydrogen) atoms. The second-order valence-corrected chi connectivity index (χ2v) is 13.3. The molecule has 0 bridgehead atoms. The number of hydrogen-bond donors (Lipinski definition) is 2. The smallest absolute Gasteiger partial charge is 0.246 e. The largest absolute Gasteiger partial charge is 0.354 e. The molecular weight excluding hydrogens is 605 g/mol. The molecule has 0 aliphatic carbocycles. The van der Waals surface area contributed by atoms with Crippen molar-refractivity contribution in [3.8, 4) is 0 Å². The first-order valence-electron chi connectivity index (χ1n) is 16.4. The molecule has 0 aliphatic heterocycles. The molecule has 0 aliphatic rings. The summed E-state index contributed by atoms with van der Waals surface area (Å²) in [5, 5.41) is 7.19. The predicted octanol–water partition coefficient (Wildman–Crippen LogP) is 6.16. The van der Waals surface area contributed by atoms with E-state index in [-0.39, 0.29) is 23.3 Å². The van der Waals surface area contributed by atoms with Gasteiger partial charge in [-0.3, -0.25) is 14.4 Å². The zero-order chi connectivity index (χ0) is 33.8. The van der Waals surface area contributed by atoms with Crippen molar-refractivity contribution in [2.45, 2.75) is 70.0 Å². The Labute approximate surface area is 283 Å². The summed E-state index contributed by atoms with van der Waals surface area (Å²) in [7, 11) is 3.33. The number of nitrogens with one attached hydrogen (secondary N) is 1. The number of rotatable bonds is 16. The van der Waals surface area contributed by atoms with Gasteiger partial charge in [0.25, 0.3) is 0 Å². The summed E-state index contributed by atoms with van der Waals surface area (Å²) < 4.78 is 0. The molecule has 4 rings (SSSR count). The third-order valence-corrected chi connectivity index (χ3v) is 10.1. The van der Waals surface area contributed by atoms with Crippen LogP contribution in [0.3, 0.4) is 0 Å². The van der Waals surface area contributed by atoms with Crippen LogP contribution in [0.2, 0.25) is 0 Å². The number of carbonyl (C=O) groups excluding carboxylic acids is 3. The molecule has 0 unspecified atom stereocenters. The normalized spacial score (nSPS) is 13.0. The van der Waals surface area contributed by atoms with Gasteiger partial charge in [0, 0.05) is 43.9 Å². The van der Waals surface area contributed by atoms with Crippen LogP contribution in [0.25, 0.3) is 10.8 Å². The molecule has 0 saturated carbocycles. The number of nitrogens with two attached hydrogens (primary N) is 1. The van der Waals surface area contributed by atoms with Gasteiger partial charge in [0.05, 0.1) is 0 Å². The number of benzene rings is 3. The van der Waals surface area contributed by atoms with Crippen LogP contribution < -0.4 is 11.1 Å². The Kier molecular flexibility index (Phi) is 12.9. The number of likely N-dealkylation sites (N-methyl/N-ethyl adjacent to an activating group) is 2. The van der Waals surface area contributed by atoms with E-state index >= 15 is 0 Å². The molecule has 0 spiro atoms. The number of hydrogen-bond acceptors (Lipinski definition) is 5. The van der Waals surface area contributed by atoms with Gasteiger partial charge in [-0.25, -0.2) is 0 Å². The molecule has 248 valence electrons. The number of amides is 3. The van der Waals surface area contributed by atoms with Crippen LogP contribution in [0.15, 0.2) is 102 Å². The van der Waals surface area contributed by atoms with E-state index in [0.717, 1.165) is 39.6 Å². The van der Waals surface area contributed by atoms with E-state index in [1.54, 1.807) is 25.4 Å². The molecule has 2 atom stereocenters. The Morgan fingerprint density at radius 3 is 2.21 bits per heavy atom. The monoisotopic (exact) mass is 652 g/mol. The van der Waals surface area contributed by atoms with Crippen molar-refractivity contribution in [3.05, 3.63) is 118 Å². The van der Waals surface area contributed by atoms with Gasteiger partial charge in [-0.1, -0.05) is 98.8 Å². The van der Waals surface area contributed by atoms with Crippen LogP contribution in [-0.4, -0.2) is 65.8 Å². The van der Waals surface area contributed by atoms with Crippen LogP contribution >= 0.6 is 11.3 Å². The highest BCUT2D eigenvalue weighted by atomic mass is 32.1. The summed E-state index contributed by atoms with van der Waals surface area (Å²) in [5.74, 6) is -0.798. The van der Waals surface area contributed by atoms with Gasteiger partial charge in [-0.05, 0) is 65.1 Å². The summed E-state index contributed by atoms with van der Waals surface area (Å²) >= 11 is 1.55. The molecule has 0 fully saturated rings. The molecule has 3 N–H and O–H groups in total. The van der Waals surface area contributed by atoms with E-state index in [9.17, 15) is 14.4 Å². The second kappa shape index (κ2) is 17.0. The molecule has 1 aromatic heterocycles.